The summed E-state index contributed by atoms with van der Waals surface area (Å²) in [5.41, 5.74) is 3.20. The maximum atomic E-state index is 12.4. The van der Waals surface area contributed by atoms with Gasteiger partial charge in [0.05, 0.1) is 17.4 Å². The summed E-state index contributed by atoms with van der Waals surface area (Å²) in [4.78, 5) is 12.4. The van der Waals surface area contributed by atoms with Crippen LogP contribution in [0, 0.1) is 0 Å². The van der Waals surface area contributed by atoms with Crippen LogP contribution >= 0.6 is 0 Å². The topological polar surface area (TPSA) is 90.0 Å². The van der Waals surface area contributed by atoms with E-state index >= 15 is 0 Å². The number of hydrogen-bond donors (Lipinski definition) is 1. The number of rotatable bonds is 4. The summed E-state index contributed by atoms with van der Waals surface area (Å²) >= 11 is 0. The molecule has 0 bridgehead atoms. The minimum atomic E-state index is -0.166. The monoisotopic (exact) mass is 319 g/mol. The summed E-state index contributed by atoms with van der Waals surface area (Å²) in [5, 5.41) is 18.2. The van der Waals surface area contributed by atoms with Crippen molar-refractivity contribution >= 4 is 11.4 Å². The number of nitrogens with zero attached hydrogens (tertiary/aromatic N) is 6. The third-order valence-corrected chi connectivity index (χ3v) is 3.67. The van der Waals surface area contributed by atoms with Crippen molar-refractivity contribution < 1.29 is 4.79 Å². The van der Waals surface area contributed by atoms with Gasteiger partial charge in [0.2, 0.25) is 0 Å². The first-order valence-corrected chi connectivity index (χ1v) is 7.34. The van der Waals surface area contributed by atoms with Gasteiger partial charge in [-0.2, -0.15) is 5.10 Å². The standard InChI is InChI=1S/C16H13N7O/c24-16(12-4-3-5-14(8-12)23-11-18-20-21-23)17-9-13-10-19-22-7-2-1-6-15(13)22/h1-8,10-11H,9H2,(H,17,24). The summed E-state index contributed by atoms with van der Waals surface area (Å²) in [7, 11) is 0. The van der Waals surface area contributed by atoms with Crippen molar-refractivity contribution in [2.24, 2.45) is 0 Å². The van der Waals surface area contributed by atoms with Crippen LogP contribution in [-0.2, 0) is 6.54 Å². The predicted octanol–water partition coefficient (Wildman–Crippen LogP) is 1.24. The van der Waals surface area contributed by atoms with Crippen LogP contribution in [0.15, 0.2) is 61.2 Å². The molecule has 3 heterocycles. The second-order valence-corrected chi connectivity index (χ2v) is 5.19. The minimum absolute atomic E-state index is 0.166. The quantitative estimate of drug-likeness (QED) is 0.611. The smallest absolute Gasteiger partial charge is 0.251 e. The molecular weight excluding hydrogens is 306 g/mol. The van der Waals surface area contributed by atoms with Gasteiger partial charge < -0.3 is 5.32 Å². The summed E-state index contributed by atoms with van der Waals surface area (Å²) in [5.74, 6) is -0.166. The second kappa shape index (κ2) is 5.92. The average molecular weight is 319 g/mol. The van der Waals surface area contributed by atoms with Gasteiger partial charge in [-0.3, -0.25) is 4.79 Å². The molecule has 8 heteroatoms. The van der Waals surface area contributed by atoms with Gasteiger partial charge in [0.15, 0.2) is 0 Å². The molecule has 1 amide bonds. The average Bonchev–Trinajstić information content (AvgIpc) is 3.30. The van der Waals surface area contributed by atoms with Crippen LogP contribution in [0.3, 0.4) is 0 Å². The fourth-order valence-electron chi connectivity index (χ4n) is 2.47. The number of fused-ring (bicyclic) bond motifs is 1. The first-order chi connectivity index (χ1) is 11.8. The van der Waals surface area contributed by atoms with Gasteiger partial charge >= 0.3 is 0 Å². The molecule has 0 aliphatic carbocycles. The van der Waals surface area contributed by atoms with E-state index in [1.54, 1.807) is 28.9 Å². The Bertz CT molecular complexity index is 991. The van der Waals surface area contributed by atoms with Crippen molar-refractivity contribution in [3.63, 3.8) is 0 Å². The van der Waals surface area contributed by atoms with Crippen molar-refractivity contribution in [1.29, 1.82) is 0 Å². The SMILES string of the molecule is O=C(NCc1cnn2ccccc12)c1cccc(-n2cnnn2)c1. The van der Waals surface area contributed by atoms with Crippen LogP contribution in [-0.4, -0.2) is 35.7 Å². The van der Waals surface area contributed by atoms with E-state index in [4.69, 9.17) is 0 Å². The van der Waals surface area contributed by atoms with E-state index in [9.17, 15) is 4.79 Å². The van der Waals surface area contributed by atoms with E-state index in [0.717, 1.165) is 16.8 Å². The minimum Gasteiger partial charge on any atom is -0.348 e. The van der Waals surface area contributed by atoms with Crippen LogP contribution < -0.4 is 5.32 Å². The van der Waals surface area contributed by atoms with Gasteiger partial charge in [-0.1, -0.05) is 12.1 Å². The lowest BCUT2D eigenvalue weighted by Gasteiger charge is -2.06. The zero-order chi connectivity index (χ0) is 16.4. The molecule has 0 saturated carbocycles. The first-order valence-electron chi connectivity index (χ1n) is 7.34. The second-order valence-electron chi connectivity index (χ2n) is 5.19. The number of carbonyl (C=O) groups is 1. The molecule has 3 aromatic heterocycles. The number of amides is 1. The van der Waals surface area contributed by atoms with E-state index in [1.165, 1.54) is 11.0 Å². The Balaban J connectivity index is 1.51. The molecule has 0 aliphatic rings. The molecule has 0 radical (unpaired) electrons. The third-order valence-electron chi connectivity index (χ3n) is 3.67. The van der Waals surface area contributed by atoms with Gasteiger partial charge in [-0.25, -0.2) is 9.20 Å². The van der Waals surface area contributed by atoms with Crippen molar-refractivity contribution in [2.45, 2.75) is 6.54 Å². The van der Waals surface area contributed by atoms with E-state index < -0.39 is 0 Å². The zero-order valence-electron chi connectivity index (χ0n) is 12.6. The Kier molecular flexibility index (Phi) is 3.47. The molecule has 4 rings (SSSR count). The highest BCUT2D eigenvalue weighted by atomic mass is 16.1. The predicted molar refractivity (Wildman–Crippen MR) is 85.5 cm³/mol. The Morgan fingerprint density at radius 2 is 2.12 bits per heavy atom. The molecule has 0 spiro atoms. The fraction of sp³-hybridized carbons (Fsp3) is 0.0625. The number of tetrazole rings is 1. The lowest BCUT2D eigenvalue weighted by atomic mass is 10.2. The summed E-state index contributed by atoms with van der Waals surface area (Å²) in [6.07, 6.45) is 5.11. The molecule has 0 fully saturated rings. The highest BCUT2D eigenvalue weighted by Crippen LogP contribution is 2.11. The molecule has 0 saturated heterocycles. The van der Waals surface area contributed by atoms with Crippen LogP contribution in [0.1, 0.15) is 15.9 Å². The molecule has 0 atom stereocenters. The van der Waals surface area contributed by atoms with Crippen molar-refractivity contribution in [1.82, 2.24) is 35.1 Å². The van der Waals surface area contributed by atoms with Crippen LogP contribution in [0.5, 0.6) is 0 Å². The molecule has 0 aliphatic heterocycles. The lowest BCUT2D eigenvalue weighted by molar-refractivity contribution is 0.0951. The van der Waals surface area contributed by atoms with Gasteiger partial charge in [-0.05, 0) is 40.8 Å². The Morgan fingerprint density at radius 1 is 1.17 bits per heavy atom. The lowest BCUT2D eigenvalue weighted by Crippen LogP contribution is -2.22. The largest absolute Gasteiger partial charge is 0.348 e. The Morgan fingerprint density at radius 3 is 3.00 bits per heavy atom. The van der Waals surface area contributed by atoms with E-state index in [0.29, 0.717) is 12.1 Å². The Hall–Kier alpha value is -3.55. The fourth-order valence-corrected chi connectivity index (χ4v) is 2.47. The molecule has 118 valence electrons. The number of nitrogens with one attached hydrogen (secondary N) is 1. The molecule has 24 heavy (non-hydrogen) atoms. The van der Waals surface area contributed by atoms with Gasteiger partial charge in [-0.15, -0.1) is 5.10 Å². The number of pyridine rings is 1. The molecule has 4 aromatic rings. The van der Waals surface area contributed by atoms with Crippen molar-refractivity contribution in [3.05, 3.63) is 72.3 Å². The highest BCUT2D eigenvalue weighted by molar-refractivity contribution is 5.94. The van der Waals surface area contributed by atoms with Crippen molar-refractivity contribution in [2.75, 3.05) is 0 Å². The summed E-state index contributed by atoms with van der Waals surface area (Å²) in [6.45, 7) is 0.404. The summed E-state index contributed by atoms with van der Waals surface area (Å²) in [6, 6.07) is 12.9. The van der Waals surface area contributed by atoms with Crippen LogP contribution in [0.4, 0.5) is 0 Å². The van der Waals surface area contributed by atoms with Gasteiger partial charge in [0.25, 0.3) is 5.91 Å². The highest BCUT2D eigenvalue weighted by Gasteiger charge is 2.09. The first kappa shape index (κ1) is 14.1. The Labute approximate surface area is 136 Å². The van der Waals surface area contributed by atoms with Crippen molar-refractivity contribution in [3.8, 4) is 5.69 Å². The molecule has 1 N–H and O–H groups in total. The number of hydrogen-bond acceptors (Lipinski definition) is 5. The number of carbonyl (C=O) groups excluding carboxylic acids is 1. The van der Waals surface area contributed by atoms with Gasteiger partial charge in [0.1, 0.15) is 6.33 Å². The zero-order valence-corrected chi connectivity index (χ0v) is 12.6. The third kappa shape index (κ3) is 2.60. The maximum Gasteiger partial charge on any atom is 0.251 e. The molecular formula is C16H13N7O. The van der Waals surface area contributed by atoms with E-state index in [-0.39, 0.29) is 5.91 Å². The molecule has 0 unspecified atom stereocenters. The van der Waals surface area contributed by atoms with E-state index in [2.05, 4.69) is 25.9 Å². The van der Waals surface area contributed by atoms with E-state index in [1.807, 2.05) is 30.5 Å². The van der Waals surface area contributed by atoms with Crippen LogP contribution in [0.2, 0.25) is 0 Å². The van der Waals surface area contributed by atoms with Crippen LogP contribution in [0.25, 0.3) is 11.2 Å². The normalized spacial score (nSPS) is 10.8. The maximum absolute atomic E-state index is 12.4. The van der Waals surface area contributed by atoms with Gasteiger partial charge in [0, 0.05) is 23.9 Å². The summed E-state index contributed by atoms with van der Waals surface area (Å²) < 4.78 is 3.28. The molecule has 1 aromatic carbocycles. The number of aromatic nitrogens is 6. The molecule has 8 nitrogen and oxygen atoms in total. The number of benzene rings is 1.